The normalized spacial score (nSPS) is 13.8. The number of Topliss-reactive ketones (excluding diaryl/α,β-unsaturated/α-hetero) is 1. The van der Waals surface area contributed by atoms with E-state index < -0.39 is 0 Å². The molecule has 0 fully saturated rings. The third kappa shape index (κ3) is 11.2. The van der Waals surface area contributed by atoms with E-state index >= 15 is 0 Å². The molecule has 1 atom stereocenters. The molecule has 0 aliphatic rings. The van der Waals surface area contributed by atoms with Gasteiger partial charge in [0.15, 0.2) is 0 Å². The Kier molecular flexibility index (Phi) is 11.3. The molecule has 0 heterocycles. The fourth-order valence-electron chi connectivity index (χ4n) is 2.36. The van der Waals surface area contributed by atoms with Crippen molar-refractivity contribution >= 4 is 12.1 Å². The Bertz CT molecular complexity index is 427. The molecule has 0 aliphatic carbocycles. The first kappa shape index (κ1) is 20.6. The summed E-state index contributed by atoms with van der Waals surface area (Å²) in [6.45, 7) is 11.9. The predicted molar refractivity (Wildman–Crippen MR) is 94.9 cm³/mol. The van der Waals surface area contributed by atoms with E-state index in [-0.39, 0.29) is 5.78 Å². The van der Waals surface area contributed by atoms with Gasteiger partial charge in [-0.05, 0) is 65.7 Å². The zero-order valence-electron chi connectivity index (χ0n) is 14.8. The molecular formula is C20H32O2. The van der Waals surface area contributed by atoms with Crippen molar-refractivity contribution in [2.45, 2.75) is 72.6 Å². The summed E-state index contributed by atoms with van der Waals surface area (Å²) >= 11 is 0. The van der Waals surface area contributed by atoms with E-state index in [9.17, 15) is 9.59 Å². The van der Waals surface area contributed by atoms with Crippen molar-refractivity contribution in [2.24, 2.45) is 5.92 Å². The van der Waals surface area contributed by atoms with E-state index in [1.807, 2.05) is 6.92 Å². The summed E-state index contributed by atoms with van der Waals surface area (Å²) in [5, 5.41) is 0. The molecule has 0 aromatic heterocycles. The summed E-state index contributed by atoms with van der Waals surface area (Å²) in [7, 11) is 0. The van der Waals surface area contributed by atoms with Crippen molar-refractivity contribution < 1.29 is 9.59 Å². The third-order valence-corrected chi connectivity index (χ3v) is 3.99. The highest BCUT2D eigenvalue weighted by atomic mass is 16.1. The Labute approximate surface area is 136 Å². The molecule has 0 saturated carbocycles. The van der Waals surface area contributed by atoms with Crippen molar-refractivity contribution in [3.63, 3.8) is 0 Å². The molecule has 2 heteroatoms. The van der Waals surface area contributed by atoms with Crippen LogP contribution in [0.25, 0.3) is 0 Å². The predicted octanol–water partition coefficient (Wildman–Crippen LogP) is 5.59. The Hall–Kier alpha value is -1.44. The van der Waals surface area contributed by atoms with Gasteiger partial charge >= 0.3 is 0 Å². The van der Waals surface area contributed by atoms with Crippen LogP contribution in [0, 0.1) is 5.92 Å². The highest BCUT2D eigenvalue weighted by Gasteiger charge is 2.08. The highest BCUT2D eigenvalue weighted by molar-refractivity contribution is 5.75. The van der Waals surface area contributed by atoms with E-state index in [2.05, 4.69) is 32.6 Å². The van der Waals surface area contributed by atoms with Gasteiger partial charge < -0.3 is 9.59 Å². The number of carbonyl (C=O) groups is 2. The number of aldehydes is 1. The smallest absolute Gasteiger partial charge is 0.130 e. The van der Waals surface area contributed by atoms with E-state index in [1.54, 1.807) is 6.92 Å². The van der Waals surface area contributed by atoms with Crippen LogP contribution in [0.5, 0.6) is 0 Å². The van der Waals surface area contributed by atoms with Crippen LogP contribution in [0.4, 0.5) is 0 Å². The van der Waals surface area contributed by atoms with Crippen molar-refractivity contribution in [1.29, 1.82) is 0 Å². The first-order valence-electron chi connectivity index (χ1n) is 8.26. The maximum Gasteiger partial charge on any atom is 0.130 e. The van der Waals surface area contributed by atoms with E-state index in [1.165, 1.54) is 11.1 Å². The molecule has 22 heavy (non-hydrogen) atoms. The van der Waals surface area contributed by atoms with E-state index in [0.717, 1.165) is 44.0 Å². The second-order valence-corrected chi connectivity index (χ2v) is 6.36. The monoisotopic (exact) mass is 304 g/mol. The fourth-order valence-corrected chi connectivity index (χ4v) is 2.36. The first-order valence-corrected chi connectivity index (χ1v) is 8.26. The molecule has 0 aromatic carbocycles. The summed E-state index contributed by atoms with van der Waals surface area (Å²) in [5.74, 6) is 0.566. The summed E-state index contributed by atoms with van der Waals surface area (Å²) in [6, 6.07) is 0. The summed E-state index contributed by atoms with van der Waals surface area (Å²) in [4.78, 5) is 21.5. The molecule has 2 nitrogen and oxygen atoms in total. The number of carbonyl (C=O) groups excluding carboxylic acids is 2. The zero-order chi connectivity index (χ0) is 17.0. The van der Waals surface area contributed by atoms with Crippen molar-refractivity contribution in [1.82, 2.24) is 0 Å². The van der Waals surface area contributed by atoms with Crippen molar-refractivity contribution in [3.8, 4) is 0 Å². The average Bonchev–Trinajstić information content (AvgIpc) is 2.42. The minimum absolute atomic E-state index is 0.252. The van der Waals surface area contributed by atoms with Gasteiger partial charge in [0.1, 0.15) is 12.1 Å². The van der Waals surface area contributed by atoms with Crippen LogP contribution in [0.2, 0.25) is 0 Å². The molecule has 0 aromatic rings. The lowest BCUT2D eigenvalue weighted by Crippen LogP contribution is -2.02. The van der Waals surface area contributed by atoms with Crippen molar-refractivity contribution in [3.05, 3.63) is 35.5 Å². The molecule has 0 N–H and O–H groups in total. The molecule has 0 radical (unpaired) electrons. The highest BCUT2D eigenvalue weighted by Crippen LogP contribution is 2.21. The van der Waals surface area contributed by atoms with Gasteiger partial charge in [-0.25, -0.2) is 0 Å². The quantitative estimate of drug-likeness (QED) is 0.348. The minimum Gasteiger partial charge on any atom is -0.303 e. The minimum atomic E-state index is 0.252. The summed E-state index contributed by atoms with van der Waals surface area (Å²) < 4.78 is 0. The number of ketones is 1. The second-order valence-electron chi connectivity index (χ2n) is 6.36. The molecule has 0 spiro atoms. The molecule has 0 aliphatic heterocycles. The topological polar surface area (TPSA) is 34.1 Å². The first-order chi connectivity index (χ1) is 10.4. The van der Waals surface area contributed by atoms with Crippen LogP contribution < -0.4 is 0 Å². The standard InChI is InChI=1S/C20H32O2/c1-16(2)20(14-15-21)13-12-18(4)9-6-8-17(3)10-7-11-19(5)22/h9-10,15,20H,1,6-8,11-14H2,2-5H3/b17-10+,18-9+/t20-/m1/s1. The number of allylic oxidation sites excluding steroid dienone is 5. The van der Waals surface area contributed by atoms with Gasteiger partial charge in [-0.3, -0.25) is 0 Å². The van der Waals surface area contributed by atoms with Gasteiger partial charge in [-0.15, -0.1) is 0 Å². The number of hydrogen-bond donors (Lipinski definition) is 0. The van der Waals surface area contributed by atoms with Gasteiger partial charge in [-0.1, -0.05) is 35.5 Å². The Morgan fingerprint density at radius 2 is 1.50 bits per heavy atom. The number of hydrogen-bond acceptors (Lipinski definition) is 2. The van der Waals surface area contributed by atoms with E-state index in [4.69, 9.17) is 0 Å². The number of rotatable bonds is 12. The van der Waals surface area contributed by atoms with Gasteiger partial charge in [0.05, 0.1) is 0 Å². The van der Waals surface area contributed by atoms with Crippen LogP contribution >= 0.6 is 0 Å². The molecule has 0 amide bonds. The second kappa shape index (κ2) is 12.1. The fraction of sp³-hybridized carbons (Fsp3) is 0.600. The van der Waals surface area contributed by atoms with Gasteiger partial charge in [0.25, 0.3) is 0 Å². The summed E-state index contributed by atoms with van der Waals surface area (Å²) in [5.41, 5.74) is 3.84. The summed E-state index contributed by atoms with van der Waals surface area (Å²) in [6.07, 6.45) is 11.7. The van der Waals surface area contributed by atoms with Crippen LogP contribution in [0.15, 0.2) is 35.5 Å². The lowest BCUT2D eigenvalue weighted by atomic mass is 9.91. The third-order valence-electron chi connectivity index (χ3n) is 3.99. The van der Waals surface area contributed by atoms with Crippen molar-refractivity contribution in [2.75, 3.05) is 0 Å². The molecule has 124 valence electrons. The zero-order valence-corrected chi connectivity index (χ0v) is 14.8. The molecular weight excluding hydrogens is 272 g/mol. The lowest BCUT2D eigenvalue weighted by Gasteiger charge is -2.14. The maximum atomic E-state index is 10.9. The van der Waals surface area contributed by atoms with Gasteiger partial charge in [-0.2, -0.15) is 0 Å². The molecule has 0 unspecified atom stereocenters. The van der Waals surface area contributed by atoms with Crippen LogP contribution in [-0.4, -0.2) is 12.1 Å². The van der Waals surface area contributed by atoms with Crippen LogP contribution in [0.3, 0.4) is 0 Å². The van der Waals surface area contributed by atoms with Gasteiger partial charge in [0, 0.05) is 12.8 Å². The Balaban J connectivity index is 4.09. The largest absolute Gasteiger partial charge is 0.303 e. The van der Waals surface area contributed by atoms with Crippen LogP contribution in [0.1, 0.15) is 72.6 Å². The molecule has 0 saturated heterocycles. The Morgan fingerprint density at radius 3 is 2.00 bits per heavy atom. The maximum absolute atomic E-state index is 10.9. The lowest BCUT2D eigenvalue weighted by molar-refractivity contribution is -0.117. The van der Waals surface area contributed by atoms with Gasteiger partial charge in [0.2, 0.25) is 0 Å². The molecule has 0 bridgehead atoms. The van der Waals surface area contributed by atoms with E-state index in [0.29, 0.717) is 18.8 Å². The average molecular weight is 304 g/mol. The molecule has 0 rings (SSSR count). The Morgan fingerprint density at radius 1 is 0.955 bits per heavy atom. The van der Waals surface area contributed by atoms with Crippen LogP contribution in [-0.2, 0) is 9.59 Å². The SMILES string of the molecule is C=C(C)[C@@H](CC=O)CC/C(C)=C/CC/C(C)=C/CCC(C)=O.